The van der Waals surface area contributed by atoms with Gasteiger partial charge in [0.2, 0.25) is 0 Å². The maximum absolute atomic E-state index is 13.4. The van der Waals surface area contributed by atoms with Crippen LogP contribution in [0.4, 0.5) is 4.39 Å². The van der Waals surface area contributed by atoms with E-state index in [-0.39, 0.29) is 17.2 Å². The predicted octanol–water partition coefficient (Wildman–Crippen LogP) is 2.52. The van der Waals surface area contributed by atoms with Crippen molar-refractivity contribution in [3.63, 3.8) is 0 Å². The van der Waals surface area contributed by atoms with Crippen LogP contribution >= 0.6 is 11.6 Å². The monoisotopic (exact) mass is 227 g/mol. The molecule has 78 valence electrons. The van der Waals surface area contributed by atoms with Crippen molar-refractivity contribution in [3.05, 3.63) is 35.2 Å². The van der Waals surface area contributed by atoms with Gasteiger partial charge in [-0.3, -0.25) is 4.79 Å². The summed E-state index contributed by atoms with van der Waals surface area (Å²) in [6.45, 7) is -0.344. The van der Waals surface area contributed by atoms with Crippen molar-refractivity contribution in [1.29, 1.82) is 0 Å². The summed E-state index contributed by atoms with van der Waals surface area (Å²) in [5.41, 5.74) is 0.227. The molecule has 1 heterocycles. The maximum atomic E-state index is 13.4. The van der Waals surface area contributed by atoms with Gasteiger partial charge in [0.25, 0.3) is 0 Å². The van der Waals surface area contributed by atoms with Crippen LogP contribution in [0.15, 0.2) is 24.3 Å². The van der Waals surface area contributed by atoms with Crippen molar-refractivity contribution >= 4 is 28.5 Å². The van der Waals surface area contributed by atoms with Crippen molar-refractivity contribution < 1.29 is 14.3 Å². The number of fused-ring (bicyclic) bond motifs is 1. The standard InChI is InChI=1S/C10H7ClFNO2/c11-8-4-6-2-1-3-7(12)10(6)13(8)5-9(14)15/h1-4H,5H2,(H,14,15). The van der Waals surface area contributed by atoms with Gasteiger partial charge in [-0.15, -0.1) is 0 Å². The van der Waals surface area contributed by atoms with Gasteiger partial charge in [0.05, 0.1) is 5.52 Å². The number of rotatable bonds is 2. The van der Waals surface area contributed by atoms with Gasteiger partial charge in [0.1, 0.15) is 17.5 Å². The summed E-state index contributed by atoms with van der Waals surface area (Å²) < 4.78 is 14.7. The Morgan fingerprint density at radius 3 is 2.93 bits per heavy atom. The molecule has 0 aliphatic rings. The van der Waals surface area contributed by atoms with E-state index in [0.717, 1.165) is 0 Å². The lowest BCUT2D eigenvalue weighted by Gasteiger charge is -2.03. The highest BCUT2D eigenvalue weighted by Gasteiger charge is 2.12. The van der Waals surface area contributed by atoms with Gasteiger partial charge >= 0.3 is 5.97 Å². The fourth-order valence-corrected chi connectivity index (χ4v) is 1.80. The number of hydrogen-bond donors (Lipinski definition) is 1. The zero-order valence-corrected chi connectivity index (χ0v) is 8.33. The zero-order valence-electron chi connectivity index (χ0n) is 7.58. The molecule has 0 radical (unpaired) electrons. The first-order valence-corrected chi connectivity index (χ1v) is 4.62. The molecule has 0 spiro atoms. The Labute approximate surface area is 89.7 Å². The van der Waals surface area contributed by atoms with Crippen LogP contribution in [0.1, 0.15) is 0 Å². The summed E-state index contributed by atoms with van der Waals surface area (Å²) in [6.07, 6.45) is 0. The largest absolute Gasteiger partial charge is 0.480 e. The molecule has 0 atom stereocenters. The lowest BCUT2D eigenvalue weighted by atomic mass is 10.2. The highest BCUT2D eigenvalue weighted by atomic mass is 35.5. The number of carboxylic acid groups (broad SMARTS) is 1. The van der Waals surface area contributed by atoms with Gasteiger partial charge < -0.3 is 9.67 Å². The van der Waals surface area contributed by atoms with Crippen LogP contribution in [0.2, 0.25) is 5.15 Å². The smallest absolute Gasteiger partial charge is 0.323 e. The number of nitrogens with zero attached hydrogens (tertiary/aromatic N) is 1. The van der Waals surface area contributed by atoms with Crippen molar-refractivity contribution in [2.75, 3.05) is 0 Å². The maximum Gasteiger partial charge on any atom is 0.323 e. The molecule has 1 aromatic carbocycles. The minimum atomic E-state index is -1.06. The molecule has 3 nitrogen and oxygen atoms in total. The van der Waals surface area contributed by atoms with Crippen LogP contribution in [-0.2, 0) is 11.3 Å². The van der Waals surface area contributed by atoms with E-state index in [0.29, 0.717) is 5.39 Å². The van der Waals surface area contributed by atoms with E-state index in [2.05, 4.69) is 0 Å². The predicted molar refractivity (Wildman–Crippen MR) is 54.5 cm³/mol. The fourth-order valence-electron chi connectivity index (χ4n) is 1.54. The van der Waals surface area contributed by atoms with Crippen molar-refractivity contribution in [2.45, 2.75) is 6.54 Å². The molecule has 0 fully saturated rings. The number of carbonyl (C=O) groups is 1. The van der Waals surface area contributed by atoms with Crippen LogP contribution in [0.3, 0.4) is 0 Å². The van der Waals surface area contributed by atoms with E-state index in [1.165, 1.54) is 10.6 Å². The normalized spacial score (nSPS) is 10.8. The number of carboxylic acids is 1. The van der Waals surface area contributed by atoms with E-state index in [9.17, 15) is 9.18 Å². The summed E-state index contributed by atoms with van der Waals surface area (Å²) in [7, 11) is 0. The molecule has 0 saturated carbocycles. The third kappa shape index (κ3) is 1.68. The van der Waals surface area contributed by atoms with E-state index in [1.807, 2.05) is 0 Å². The Morgan fingerprint density at radius 1 is 1.53 bits per heavy atom. The Hall–Kier alpha value is -1.55. The molecule has 0 aliphatic carbocycles. The van der Waals surface area contributed by atoms with Crippen LogP contribution < -0.4 is 0 Å². The Kier molecular flexibility index (Phi) is 2.36. The van der Waals surface area contributed by atoms with Crippen LogP contribution in [0.5, 0.6) is 0 Å². The van der Waals surface area contributed by atoms with Gasteiger partial charge in [-0.2, -0.15) is 0 Å². The average molecular weight is 228 g/mol. The van der Waals surface area contributed by atoms with Crippen LogP contribution in [0.25, 0.3) is 10.9 Å². The topological polar surface area (TPSA) is 42.2 Å². The molecular formula is C10H7ClFNO2. The molecule has 0 aliphatic heterocycles. The molecule has 1 aromatic heterocycles. The zero-order chi connectivity index (χ0) is 11.0. The number of aliphatic carboxylic acids is 1. The summed E-state index contributed by atoms with van der Waals surface area (Å²) in [5, 5.41) is 9.48. The first kappa shape index (κ1) is 9.98. The molecule has 0 saturated heterocycles. The molecule has 0 amide bonds. The molecule has 0 bridgehead atoms. The van der Waals surface area contributed by atoms with Gasteiger partial charge in [-0.25, -0.2) is 4.39 Å². The molecule has 1 N–H and O–H groups in total. The van der Waals surface area contributed by atoms with Gasteiger partial charge in [-0.1, -0.05) is 23.7 Å². The van der Waals surface area contributed by atoms with Gasteiger partial charge in [-0.05, 0) is 12.1 Å². The Morgan fingerprint density at radius 2 is 2.27 bits per heavy atom. The van der Waals surface area contributed by atoms with Crippen LogP contribution in [0, 0.1) is 5.82 Å². The molecule has 2 rings (SSSR count). The number of hydrogen-bond acceptors (Lipinski definition) is 1. The number of aromatic nitrogens is 1. The molecule has 2 aromatic rings. The first-order chi connectivity index (χ1) is 7.09. The Bertz CT molecular complexity index is 535. The van der Waals surface area contributed by atoms with Crippen molar-refractivity contribution in [1.82, 2.24) is 4.57 Å². The minimum absolute atomic E-state index is 0.220. The molecular weight excluding hydrogens is 221 g/mol. The first-order valence-electron chi connectivity index (χ1n) is 4.24. The van der Waals surface area contributed by atoms with E-state index >= 15 is 0 Å². The second-order valence-electron chi connectivity index (χ2n) is 3.12. The average Bonchev–Trinajstić information content (AvgIpc) is 2.43. The fraction of sp³-hybridized carbons (Fsp3) is 0.100. The highest BCUT2D eigenvalue weighted by Crippen LogP contribution is 2.25. The molecule has 15 heavy (non-hydrogen) atoms. The van der Waals surface area contributed by atoms with Crippen molar-refractivity contribution in [3.8, 4) is 0 Å². The van der Waals surface area contributed by atoms with Gasteiger partial charge in [0, 0.05) is 5.39 Å². The second-order valence-corrected chi connectivity index (χ2v) is 3.51. The van der Waals surface area contributed by atoms with E-state index < -0.39 is 11.8 Å². The summed E-state index contributed by atoms with van der Waals surface area (Å²) >= 11 is 5.82. The third-order valence-electron chi connectivity index (χ3n) is 2.11. The lowest BCUT2D eigenvalue weighted by Crippen LogP contribution is -2.09. The van der Waals surface area contributed by atoms with Gasteiger partial charge in [0.15, 0.2) is 0 Å². The minimum Gasteiger partial charge on any atom is -0.480 e. The number of halogens is 2. The second kappa shape index (κ2) is 3.55. The number of para-hydroxylation sites is 1. The van der Waals surface area contributed by atoms with E-state index in [1.54, 1.807) is 18.2 Å². The number of benzene rings is 1. The third-order valence-corrected chi connectivity index (χ3v) is 2.43. The summed E-state index contributed by atoms with van der Waals surface area (Å²) in [6, 6.07) is 6.06. The molecule has 0 unspecified atom stereocenters. The molecule has 5 heteroatoms. The highest BCUT2D eigenvalue weighted by molar-refractivity contribution is 6.31. The lowest BCUT2D eigenvalue weighted by molar-refractivity contribution is -0.137. The Balaban J connectivity index is 2.71. The van der Waals surface area contributed by atoms with E-state index in [4.69, 9.17) is 16.7 Å². The SMILES string of the molecule is O=C(O)Cn1c(Cl)cc2cccc(F)c21. The quantitative estimate of drug-likeness (QED) is 0.857. The van der Waals surface area contributed by atoms with Crippen LogP contribution in [-0.4, -0.2) is 15.6 Å². The summed E-state index contributed by atoms with van der Waals surface area (Å²) in [5.74, 6) is -1.53. The van der Waals surface area contributed by atoms with Crippen molar-refractivity contribution in [2.24, 2.45) is 0 Å². The summed E-state index contributed by atoms with van der Waals surface area (Å²) in [4.78, 5) is 10.6.